The zero-order valence-corrected chi connectivity index (χ0v) is 20.8. The van der Waals surface area contributed by atoms with E-state index in [1.165, 1.54) is 0 Å². The molecule has 3 rings (SSSR count). The van der Waals surface area contributed by atoms with Gasteiger partial charge < -0.3 is 5.32 Å². The number of hydrogen-bond donors (Lipinski definition) is 2. The van der Waals surface area contributed by atoms with E-state index in [1.54, 1.807) is 41.4 Å². The van der Waals surface area contributed by atoms with Crippen molar-refractivity contribution >= 4 is 34.7 Å². The van der Waals surface area contributed by atoms with E-state index in [0.29, 0.717) is 29.4 Å². The molecular formula is C28H28ClN5O2. The van der Waals surface area contributed by atoms with Gasteiger partial charge in [0.2, 0.25) is 11.7 Å². The summed E-state index contributed by atoms with van der Waals surface area (Å²) >= 11 is 6.04. The van der Waals surface area contributed by atoms with Crippen LogP contribution < -0.4 is 15.6 Å². The summed E-state index contributed by atoms with van der Waals surface area (Å²) in [5.41, 5.74) is 3.34. The average Bonchev–Trinajstić information content (AvgIpc) is 2.90. The van der Waals surface area contributed by atoms with Crippen molar-refractivity contribution in [2.45, 2.75) is 26.3 Å². The Kier molecular flexibility index (Phi) is 10.2. The van der Waals surface area contributed by atoms with Crippen molar-refractivity contribution in [3.8, 4) is 6.07 Å². The number of benzene rings is 3. The number of aryl methyl sites for hydroxylation is 1. The van der Waals surface area contributed by atoms with Crippen molar-refractivity contribution in [3.63, 3.8) is 0 Å². The van der Waals surface area contributed by atoms with E-state index in [9.17, 15) is 14.9 Å². The molecular weight excluding hydrogens is 474 g/mol. The Bertz CT molecular complexity index is 1220. The van der Waals surface area contributed by atoms with Crippen LogP contribution >= 0.6 is 11.6 Å². The molecule has 36 heavy (non-hydrogen) atoms. The highest BCUT2D eigenvalue weighted by atomic mass is 35.5. The van der Waals surface area contributed by atoms with Gasteiger partial charge in [0.1, 0.15) is 5.71 Å². The van der Waals surface area contributed by atoms with Crippen LogP contribution in [-0.4, -0.2) is 30.6 Å². The number of carbonyl (C=O) groups excluding carboxylic acids is 2. The van der Waals surface area contributed by atoms with Gasteiger partial charge in [0.05, 0.1) is 24.8 Å². The normalized spacial score (nSPS) is 11.0. The highest BCUT2D eigenvalue weighted by Crippen LogP contribution is 2.19. The van der Waals surface area contributed by atoms with E-state index in [0.717, 1.165) is 11.1 Å². The minimum atomic E-state index is -0.309. The SMILES string of the molecule is Cc1ccc(C(=O)/C(CC#N)=N/N(CNCCC(=O)NCc2ccccc2)c2ccc(Cl)cc2)cc1. The van der Waals surface area contributed by atoms with Gasteiger partial charge in [-0.15, -0.1) is 0 Å². The van der Waals surface area contributed by atoms with Gasteiger partial charge in [-0.25, -0.2) is 0 Å². The van der Waals surface area contributed by atoms with Crippen molar-refractivity contribution in [1.29, 1.82) is 5.26 Å². The van der Waals surface area contributed by atoms with Crippen LogP contribution in [0.2, 0.25) is 5.02 Å². The van der Waals surface area contributed by atoms with Crippen LogP contribution in [-0.2, 0) is 11.3 Å². The van der Waals surface area contributed by atoms with Crippen LogP contribution in [0.1, 0.15) is 34.3 Å². The zero-order chi connectivity index (χ0) is 25.8. The van der Waals surface area contributed by atoms with E-state index in [2.05, 4.69) is 15.7 Å². The summed E-state index contributed by atoms with van der Waals surface area (Å²) in [5, 5.41) is 22.1. The molecule has 7 nitrogen and oxygen atoms in total. The van der Waals surface area contributed by atoms with Crippen molar-refractivity contribution in [3.05, 3.63) is 101 Å². The third-order valence-electron chi connectivity index (χ3n) is 5.31. The maximum absolute atomic E-state index is 13.1. The van der Waals surface area contributed by atoms with Crippen molar-refractivity contribution < 1.29 is 9.59 Å². The van der Waals surface area contributed by atoms with Gasteiger partial charge in [0.15, 0.2) is 0 Å². The number of Topliss-reactive ketones (excluding diaryl/α,β-unsaturated/α-hetero) is 1. The molecule has 0 aliphatic carbocycles. The van der Waals surface area contributed by atoms with Crippen LogP contribution in [0.4, 0.5) is 5.69 Å². The quantitative estimate of drug-likeness (QED) is 0.121. The second-order valence-electron chi connectivity index (χ2n) is 8.12. The number of amides is 1. The smallest absolute Gasteiger partial charge is 0.221 e. The lowest BCUT2D eigenvalue weighted by Gasteiger charge is -2.21. The fraction of sp³-hybridized carbons (Fsp3) is 0.214. The second kappa shape index (κ2) is 13.8. The Morgan fingerprint density at radius 2 is 1.69 bits per heavy atom. The molecule has 0 heterocycles. The van der Waals surface area contributed by atoms with Crippen LogP contribution in [0.3, 0.4) is 0 Å². The molecule has 0 aliphatic heterocycles. The van der Waals surface area contributed by atoms with Gasteiger partial charge in [-0.1, -0.05) is 71.8 Å². The number of hydrogen-bond acceptors (Lipinski definition) is 6. The Labute approximate surface area is 216 Å². The second-order valence-corrected chi connectivity index (χ2v) is 8.56. The van der Waals surface area contributed by atoms with E-state index >= 15 is 0 Å². The molecule has 0 fully saturated rings. The minimum Gasteiger partial charge on any atom is -0.352 e. The summed E-state index contributed by atoms with van der Waals surface area (Å²) in [6, 6.07) is 25.9. The summed E-state index contributed by atoms with van der Waals surface area (Å²) in [6.45, 7) is 3.04. The molecule has 2 N–H and O–H groups in total. The predicted molar refractivity (Wildman–Crippen MR) is 143 cm³/mol. The molecule has 1 amide bonds. The van der Waals surface area contributed by atoms with E-state index in [-0.39, 0.29) is 36.9 Å². The van der Waals surface area contributed by atoms with Gasteiger partial charge in [-0.05, 0) is 36.8 Å². The lowest BCUT2D eigenvalue weighted by atomic mass is 10.0. The average molecular weight is 502 g/mol. The number of rotatable bonds is 12. The van der Waals surface area contributed by atoms with Crippen LogP contribution in [0.25, 0.3) is 0 Å². The van der Waals surface area contributed by atoms with Crippen LogP contribution in [0, 0.1) is 18.3 Å². The molecule has 3 aromatic carbocycles. The lowest BCUT2D eigenvalue weighted by Crippen LogP contribution is -2.35. The van der Waals surface area contributed by atoms with E-state index < -0.39 is 0 Å². The first kappa shape index (κ1) is 26.6. The number of nitrogens with zero attached hydrogens (tertiary/aromatic N) is 3. The predicted octanol–water partition coefficient (Wildman–Crippen LogP) is 4.86. The summed E-state index contributed by atoms with van der Waals surface area (Å²) in [7, 11) is 0. The number of carbonyl (C=O) groups is 2. The Hall–Kier alpha value is -3.99. The number of hydrazone groups is 1. The molecule has 3 aromatic rings. The highest BCUT2D eigenvalue weighted by Gasteiger charge is 2.17. The molecule has 0 saturated carbocycles. The van der Waals surface area contributed by atoms with Crippen molar-refractivity contribution in [1.82, 2.24) is 10.6 Å². The number of ketones is 1. The largest absolute Gasteiger partial charge is 0.352 e. The van der Waals surface area contributed by atoms with Gasteiger partial charge in [0.25, 0.3) is 0 Å². The van der Waals surface area contributed by atoms with Gasteiger partial charge in [-0.2, -0.15) is 10.4 Å². The maximum atomic E-state index is 13.1. The lowest BCUT2D eigenvalue weighted by molar-refractivity contribution is -0.121. The molecule has 0 unspecified atom stereocenters. The molecule has 8 heteroatoms. The Morgan fingerprint density at radius 1 is 1.00 bits per heavy atom. The fourth-order valence-electron chi connectivity index (χ4n) is 3.32. The Balaban J connectivity index is 1.67. The summed E-state index contributed by atoms with van der Waals surface area (Å²) in [5.74, 6) is -0.386. The first-order chi connectivity index (χ1) is 17.5. The third kappa shape index (κ3) is 8.35. The molecule has 184 valence electrons. The monoisotopic (exact) mass is 501 g/mol. The van der Waals surface area contributed by atoms with Crippen molar-refractivity contribution in [2.75, 3.05) is 18.2 Å². The number of halogens is 1. The van der Waals surface area contributed by atoms with Gasteiger partial charge >= 0.3 is 0 Å². The summed E-state index contributed by atoms with van der Waals surface area (Å²) in [6.07, 6.45) is 0.136. The maximum Gasteiger partial charge on any atom is 0.221 e. The minimum absolute atomic E-state index is 0.0763. The molecule has 0 aliphatic rings. The number of nitriles is 1. The van der Waals surface area contributed by atoms with Crippen molar-refractivity contribution in [2.24, 2.45) is 5.10 Å². The number of nitrogens with one attached hydrogen (secondary N) is 2. The van der Waals surface area contributed by atoms with Crippen LogP contribution in [0.5, 0.6) is 0 Å². The standard InChI is InChI=1S/C28H28ClN5O2/c1-21-7-9-23(10-8-21)28(36)26(15-17-30)33-34(25-13-11-24(29)12-14-25)20-31-18-16-27(35)32-19-22-5-3-2-4-6-22/h2-14,31H,15-16,18-20H2,1H3,(H,32,35)/b33-26+. The molecule has 0 saturated heterocycles. The molecule has 0 bridgehead atoms. The topological polar surface area (TPSA) is 97.6 Å². The van der Waals surface area contributed by atoms with E-state index in [1.807, 2.05) is 55.5 Å². The number of anilines is 1. The van der Waals surface area contributed by atoms with Crippen LogP contribution in [0.15, 0.2) is 84.0 Å². The van der Waals surface area contributed by atoms with E-state index in [4.69, 9.17) is 11.6 Å². The Morgan fingerprint density at radius 3 is 2.36 bits per heavy atom. The first-order valence-corrected chi connectivity index (χ1v) is 11.9. The molecule has 0 atom stereocenters. The molecule has 0 aromatic heterocycles. The zero-order valence-electron chi connectivity index (χ0n) is 20.1. The molecule has 0 radical (unpaired) electrons. The molecule has 0 spiro atoms. The van der Waals surface area contributed by atoms with Gasteiger partial charge in [0, 0.05) is 30.1 Å². The summed E-state index contributed by atoms with van der Waals surface area (Å²) < 4.78 is 0. The van der Waals surface area contributed by atoms with Gasteiger partial charge in [-0.3, -0.25) is 19.9 Å². The fourth-order valence-corrected chi connectivity index (χ4v) is 3.45. The first-order valence-electron chi connectivity index (χ1n) is 11.6. The highest BCUT2D eigenvalue weighted by molar-refractivity contribution is 6.46. The summed E-state index contributed by atoms with van der Waals surface area (Å²) in [4.78, 5) is 25.3. The third-order valence-corrected chi connectivity index (χ3v) is 5.56.